The van der Waals surface area contributed by atoms with Gasteiger partial charge in [0, 0.05) is 12.5 Å². The van der Waals surface area contributed by atoms with E-state index in [1.165, 1.54) is 25.0 Å². The molecule has 22 heavy (non-hydrogen) atoms. The maximum absolute atomic E-state index is 13.0. The Balaban J connectivity index is 1.60. The number of rotatable bonds is 4. The van der Waals surface area contributed by atoms with Crippen LogP contribution in [0.3, 0.4) is 0 Å². The molecule has 2 atom stereocenters. The zero-order chi connectivity index (χ0) is 15.5. The van der Waals surface area contributed by atoms with Gasteiger partial charge in [0.05, 0.1) is 12.5 Å². The van der Waals surface area contributed by atoms with E-state index >= 15 is 0 Å². The SMILES string of the molecule is CC1CCN(C[C@H]2C(=O)OC[C@@H]2Cc2ccc(F)cc2)CC1. The predicted molar refractivity (Wildman–Crippen MR) is 82.9 cm³/mol. The Hall–Kier alpha value is -1.42. The van der Waals surface area contributed by atoms with Gasteiger partial charge >= 0.3 is 5.97 Å². The van der Waals surface area contributed by atoms with Crippen LogP contribution in [-0.4, -0.2) is 37.1 Å². The number of likely N-dealkylation sites (tertiary alicyclic amines) is 1. The van der Waals surface area contributed by atoms with Crippen LogP contribution >= 0.6 is 0 Å². The molecule has 0 amide bonds. The van der Waals surface area contributed by atoms with Crippen molar-refractivity contribution in [3.8, 4) is 0 Å². The summed E-state index contributed by atoms with van der Waals surface area (Å²) in [5.74, 6) is 0.671. The highest BCUT2D eigenvalue weighted by atomic mass is 19.1. The molecule has 0 radical (unpaired) electrons. The number of carbonyl (C=O) groups is 1. The molecule has 0 aromatic heterocycles. The van der Waals surface area contributed by atoms with Gasteiger partial charge in [-0.25, -0.2) is 4.39 Å². The van der Waals surface area contributed by atoms with Crippen LogP contribution in [0.5, 0.6) is 0 Å². The van der Waals surface area contributed by atoms with Crippen LogP contribution in [0.25, 0.3) is 0 Å². The van der Waals surface area contributed by atoms with Gasteiger partial charge in [-0.1, -0.05) is 19.1 Å². The molecule has 0 unspecified atom stereocenters. The number of hydrogen-bond donors (Lipinski definition) is 0. The molecule has 2 fully saturated rings. The molecule has 0 bridgehead atoms. The van der Waals surface area contributed by atoms with E-state index in [-0.39, 0.29) is 23.6 Å². The lowest BCUT2D eigenvalue weighted by Gasteiger charge is -2.32. The van der Waals surface area contributed by atoms with Crippen LogP contribution in [0.1, 0.15) is 25.3 Å². The second kappa shape index (κ2) is 6.78. The maximum Gasteiger partial charge on any atom is 0.310 e. The molecule has 0 N–H and O–H groups in total. The Bertz CT molecular complexity index is 508. The molecule has 4 heteroatoms. The van der Waals surface area contributed by atoms with Crippen molar-refractivity contribution in [2.75, 3.05) is 26.2 Å². The molecule has 0 saturated carbocycles. The third-order valence-corrected chi connectivity index (χ3v) is 5.05. The topological polar surface area (TPSA) is 29.5 Å². The summed E-state index contributed by atoms with van der Waals surface area (Å²) < 4.78 is 18.3. The van der Waals surface area contributed by atoms with E-state index in [0.29, 0.717) is 6.61 Å². The van der Waals surface area contributed by atoms with Crippen LogP contribution in [0, 0.1) is 23.6 Å². The van der Waals surface area contributed by atoms with E-state index in [1.54, 1.807) is 12.1 Å². The van der Waals surface area contributed by atoms with Crippen molar-refractivity contribution in [2.45, 2.75) is 26.2 Å². The van der Waals surface area contributed by atoms with Crippen molar-refractivity contribution in [1.29, 1.82) is 0 Å². The summed E-state index contributed by atoms with van der Waals surface area (Å²) in [5, 5.41) is 0. The van der Waals surface area contributed by atoms with Crippen LogP contribution in [0.2, 0.25) is 0 Å². The van der Waals surface area contributed by atoms with Crippen molar-refractivity contribution in [2.24, 2.45) is 17.8 Å². The van der Waals surface area contributed by atoms with Gasteiger partial charge in [0.1, 0.15) is 5.82 Å². The van der Waals surface area contributed by atoms with Crippen molar-refractivity contribution < 1.29 is 13.9 Å². The average Bonchev–Trinajstić information content (AvgIpc) is 2.85. The van der Waals surface area contributed by atoms with E-state index < -0.39 is 0 Å². The smallest absolute Gasteiger partial charge is 0.310 e. The van der Waals surface area contributed by atoms with Gasteiger partial charge in [0.2, 0.25) is 0 Å². The fraction of sp³-hybridized carbons (Fsp3) is 0.611. The summed E-state index contributed by atoms with van der Waals surface area (Å²) in [6.07, 6.45) is 3.20. The number of carbonyl (C=O) groups excluding carboxylic acids is 1. The highest BCUT2D eigenvalue weighted by Gasteiger charge is 2.38. The van der Waals surface area contributed by atoms with Gasteiger partial charge in [-0.2, -0.15) is 0 Å². The van der Waals surface area contributed by atoms with Crippen LogP contribution in [0.4, 0.5) is 4.39 Å². The summed E-state index contributed by atoms with van der Waals surface area (Å²) in [6.45, 7) is 5.74. The molecular formula is C18H24FNO2. The first-order chi connectivity index (χ1) is 10.6. The fourth-order valence-electron chi connectivity index (χ4n) is 3.48. The monoisotopic (exact) mass is 305 g/mol. The molecular weight excluding hydrogens is 281 g/mol. The lowest BCUT2D eigenvalue weighted by atomic mass is 9.88. The van der Waals surface area contributed by atoms with Crippen molar-refractivity contribution in [3.05, 3.63) is 35.6 Å². The minimum absolute atomic E-state index is 0.0431. The number of halogens is 1. The molecule has 3 nitrogen and oxygen atoms in total. The molecule has 0 spiro atoms. The van der Waals surface area contributed by atoms with E-state index in [1.807, 2.05) is 0 Å². The van der Waals surface area contributed by atoms with E-state index in [9.17, 15) is 9.18 Å². The summed E-state index contributed by atoms with van der Waals surface area (Å²) in [5.41, 5.74) is 1.07. The first-order valence-electron chi connectivity index (χ1n) is 8.25. The zero-order valence-corrected chi connectivity index (χ0v) is 13.1. The maximum atomic E-state index is 13.0. The summed E-state index contributed by atoms with van der Waals surface area (Å²) in [6, 6.07) is 6.57. The fourth-order valence-corrected chi connectivity index (χ4v) is 3.48. The number of piperidine rings is 1. The molecule has 3 rings (SSSR count). The Morgan fingerprint density at radius 1 is 1.23 bits per heavy atom. The highest BCUT2D eigenvalue weighted by molar-refractivity contribution is 5.75. The number of benzene rings is 1. The third-order valence-electron chi connectivity index (χ3n) is 5.05. The first-order valence-corrected chi connectivity index (χ1v) is 8.25. The van der Waals surface area contributed by atoms with Gasteiger partial charge in [0.15, 0.2) is 0 Å². The lowest BCUT2D eigenvalue weighted by Crippen LogP contribution is -2.39. The number of cyclic esters (lactones) is 1. The van der Waals surface area contributed by atoms with Gasteiger partial charge in [-0.15, -0.1) is 0 Å². The Labute approximate surface area is 131 Å². The Morgan fingerprint density at radius 3 is 2.59 bits per heavy atom. The zero-order valence-electron chi connectivity index (χ0n) is 13.1. The number of ether oxygens (including phenoxy) is 1. The lowest BCUT2D eigenvalue weighted by molar-refractivity contribution is -0.141. The molecule has 0 aliphatic carbocycles. The van der Waals surface area contributed by atoms with Crippen molar-refractivity contribution >= 4 is 5.97 Å². The number of esters is 1. The average molecular weight is 305 g/mol. The third kappa shape index (κ3) is 3.67. The molecule has 1 aromatic carbocycles. The highest BCUT2D eigenvalue weighted by Crippen LogP contribution is 2.28. The Kier molecular flexibility index (Phi) is 4.77. The minimum atomic E-state index is -0.221. The quantitative estimate of drug-likeness (QED) is 0.801. The summed E-state index contributed by atoms with van der Waals surface area (Å²) in [7, 11) is 0. The predicted octanol–water partition coefficient (Wildman–Crippen LogP) is 2.89. The van der Waals surface area contributed by atoms with Gasteiger partial charge in [-0.3, -0.25) is 4.79 Å². The van der Waals surface area contributed by atoms with Crippen molar-refractivity contribution in [3.63, 3.8) is 0 Å². The van der Waals surface area contributed by atoms with Gasteiger partial charge in [-0.05, 0) is 56.0 Å². The second-order valence-corrected chi connectivity index (χ2v) is 6.81. The van der Waals surface area contributed by atoms with Crippen LogP contribution in [-0.2, 0) is 16.0 Å². The normalized spacial score (nSPS) is 27.1. The molecule has 2 aliphatic heterocycles. The van der Waals surface area contributed by atoms with Crippen LogP contribution in [0.15, 0.2) is 24.3 Å². The van der Waals surface area contributed by atoms with E-state index in [0.717, 1.165) is 37.5 Å². The number of hydrogen-bond acceptors (Lipinski definition) is 3. The minimum Gasteiger partial charge on any atom is -0.465 e. The van der Waals surface area contributed by atoms with Gasteiger partial charge in [0.25, 0.3) is 0 Å². The molecule has 2 aliphatic rings. The summed E-state index contributed by atoms with van der Waals surface area (Å²) >= 11 is 0. The van der Waals surface area contributed by atoms with E-state index in [4.69, 9.17) is 4.74 Å². The Morgan fingerprint density at radius 2 is 1.91 bits per heavy atom. The van der Waals surface area contributed by atoms with Crippen LogP contribution < -0.4 is 0 Å². The second-order valence-electron chi connectivity index (χ2n) is 6.81. The summed E-state index contributed by atoms with van der Waals surface area (Å²) in [4.78, 5) is 14.5. The largest absolute Gasteiger partial charge is 0.465 e. The molecule has 2 saturated heterocycles. The first kappa shape index (κ1) is 15.5. The van der Waals surface area contributed by atoms with Gasteiger partial charge < -0.3 is 9.64 Å². The van der Waals surface area contributed by atoms with E-state index in [2.05, 4.69) is 11.8 Å². The molecule has 120 valence electrons. The molecule has 2 heterocycles. The molecule has 1 aromatic rings. The van der Waals surface area contributed by atoms with Crippen molar-refractivity contribution in [1.82, 2.24) is 4.90 Å². The number of nitrogens with zero attached hydrogens (tertiary/aromatic N) is 1. The standard InChI is InChI=1S/C18H24FNO2/c1-13-6-8-20(9-7-13)11-17-15(12-22-18(17)21)10-14-2-4-16(19)5-3-14/h2-5,13,15,17H,6-12H2,1H3/t15-,17+/m0/s1.